The van der Waals surface area contributed by atoms with Gasteiger partial charge in [-0.15, -0.1) is 4.83 Å². The van der Waals surface area contributed by atoms with Gasteiger partial charge in [-0.25, -0.2) is 8.42 Å². The standard InChI is InChI=1S/C16H13BrClN3O4S/c1-25-15-12(17)6-9(18)7-14(15)26(23,24)21-20-16(22)11-8-19-13-5-3-2-4-10(11)13/h2-8,19,21H,1H3,(H,20,22). The van der Waals surface area contributed by atoms with Gasteiger partial charge in [0.15, 0.2) is 5.75 Å². The van der Waals surface area contributed by atoms with E-state index in [9.17, 15) is 13.2 Å². The summed E-state index contributed by atoms with van der Waals surface area (Å²) in [7, 11) is -2.79. The van der Waals surface area contributed by atoms with Crippen molar-refractivity contribution >= 4 is 54.4 Å². The lowest BCUT2D eigenvalue weighted by molar-refractivity contribution is 0.0947. The van der Waals surface area contributed by atoms with Crippen LogP contribution in [0.1, 0.15) is 10.4 Å². The Hall–Kier alpha value is -2.07. The number of aromatic nitrogens is 1. The number of aromatic amines is 1. The maximum Gasteiger partial charge on any atom is 0.268 e. The van der Waals surface area contributed by atoms with Gasteiger partial charge in [-0.1, -0.05) is 29.8 Å². The van der Waals surface area contributed by atoms with Gasteiger partial charge in [-0.3, -0.25) is 10.2 Å². The fourth-order valence-electron chi connectivity index (χ4n) is 2.43. The summed E-state index contributed by atoms with van der Waals surface area (Å²) in [5.41, 5.74) is 3.27. The van der Waals surface area contributed by atoms with Crippen molar-refractivity contribution in [2.24, 2.45) is 0 Å². The molecule has 0 aliphatic heterocycles. The third-order valence-corrected chi connectivity index (χ3v) is 5.66. The molecule has 10 heteroatoms. The molecule has 3 N–H and O–H groups in total. The molecule has 0 bridgehead atoms. The largest absolute Gasteiger partial charge is 0.494 e. The highest BCUT2D eigenvalue weighted by atomic mass is 79.9. The first-order chi connectivity index (χ1) is 12.3. The minimum Gasteiger partial charge on any atom is -0.494 e. The number of amides is 1. The molecule has 26 heavy (non-hydrogen) atoms. The van der Waals surface area contributed by atoms with Crippen molar-refractivity contribution in [1.29, 1.82) is 0 Å². The Balaban J connectivity index is 1.86. The van der Waals surface area contributed by atoms with Crippen LogP contribution in [-0.4, -0.2) is 26.4 Å². The number of rotatable bonds is 5. The monoisotopic (exact) mass is 457 g/mol. The second-order valence-corrected chi connectivity index (χ2v) is 8.17. The van der Waals surface area contributed by atoms with Crippen LogP contribution in [0.3, 0.4) is 0 Å². The Morgan fingerprint density at radius 2 is 2.00 bits per heavy atom. The van der Waals surface area contributed by atoms with Crippen LogP contribution in [0.2, 0.25) is 5.02 Å². The Kier molecular flexibility index (Phi) is 5.24. The molecule has 136 valence electrons. The van der Waals surface area contributed by atoms with Gasteiger partial charge in [0.05, 0.1) is 17.1 Å². The van der Waals surface area contributed by atoms with Crippen LogP contribution < -0.4 is 15.0 Å². The van der Waals surface area contributed by atoms with E-state index in [0.717, 1.165) is 5.52 Å². The van der Waals surface area contributed by atoms with Gasteiger partial charge in [0, 0.05) is 22.1 Å². The molecule has 3 rings (SSSR count). The van der Waals surface area contributed by atoms with Gasteiger partial charge in [0.2, 0.25) is 0 Å². The number of carbonyl (C=O) groups is 1. The molecule has 1 amide bonds. The molecular weight excluding hydrogens is 446 g/mol. The summed E-state index contributed by atoms with van der Waals surface area (Å²) in [5.74, 6) is -0.533. The zero-order valence-corrected chi connectivity index (χ0v) is 16.5. The lowest BCUT2D eigenvalue weighted by atomic mass is 10.2. The number of H-pyrrole nitrogens is 1. The van der Waals surface area contributed by atoms with Crippen molar-refractivity contribution in [3.05, 3.63) is 57.7 Å². The summed E-state index contributed by atoms with van der Waals surface area (Å²) < 4.78 is 30.6. The third-order valence-electron chi connectivity index (χ3n) is 3.60. The summed E-state index contributed by atoms with van der Waals surface area (Å²) in [6.45, 7) is 0. The van der Waals surface area contributed by atoms with E-state index in [4.69, 9.17) is 16.3 Å². The molecule has 0 unspecified atom stereocenters. The number of para-hydroxylation sites is 1. The summed E-state index contributed by atoms with van der Waals surface area (Å²) >= 11 is 9.12. The summed E-state index contributed by atoms with van der Waals surface area (Å²) in [6, 6.07) is 9.91. The number of hydrogen-bond acceptors (Lipinski definition) is 4. The molecule has 0 saturated carbocycles. The summed E-state index contributed by atoms with van der Waals surface area (Å²) in [5, 5.41) is 0.869. The minimum absolute atomic E-state index is 0.0724. The fraction of sp³-hybridized carbons (Fsp3) is 0.0625. The van der Waals surface area contributed by atoms with Crippen molar-refractivity contribution in [3.8, 4) is 5.75 Å². The summed E-state index contributed by atoms with van der Waals surface area (Å²) in [4.78, 5) is 17.2. The van der Waals surface area contributed by atoms with E-state index in [-0.39, 0.29) is 15.7 Å². The van der Waals surface area contributed by atoms with Gasteiger partial charge in [0.1, 0.15) is 4.90 Å². The summed E-state index contributed by atoms with van der Waals surface area (Å²) in [6.07, 6.45) is 1.50. The number of methoxy groups -OCH3 is 1. The third kappa shape index (κ3) is 3.56. The lowest BCUT2D eigenvalue weighted by Gasteiger charge is -2.13. The molecule has 0 saturated heterocycles. The molecule has 1 heterocycles. The Morgan fingerprint density at radius 3 is 2.73 bits per heavy atom. The van der Waals surface area contributed by atoms with Crippen molar-refractivity contribution in [1.82, 2.24) is 15.2 Å². The van der Waals surface area contributed by atoms with E-state index in [2.05, 4.69) is 31.2 Å². The van der Waals surface area contributed by atoms with Crippen LogP contribution in [-0.2, 0) is 10.0 Å². The average Bonchev–Trinajstić information content (AvgIpc) is 3.03. The number of hydrazine groups is 1. The number of halogens is 2. The first kappa shape index (κ1) is 18.7. The van der Waals surface area contributed by atoms with Gasteiger partial charge in [0.25, 0.3) is 15.9 Å². The molecule has 1 aromatic heterocycles. The molecule has 0 aliphatic carbocycles. The normalized spacial score (nSPS) is 11.5. The van der Waals surface area contributed by atoms with Crippen LogP contribution in [0.4, 0.5) is 0 Å². The Bertz CT molecular complexity index is 1100. The molecule has 3 aromatic rings. The average molecular weight is 459 g/mol. The van der Waals surface area contributed by atoms with E-state index >= 15 is 0 Å². The van der Waals surface area contributed by atoms with E-state index < -0.39 is 15.9 Å². The molecule has 0 aliphatic rings. The zero-order chi connectivity index (χ0) is 18.9. The zero-order valence-electron chi connectivity index (χ0n) is 13.3. The van der Waals surface area contributed by atoms with Crippen molar-refractivity contribution in [2.75, 3.05) is 7.11 Å². The van der Waals surface area contributed by atoms with E-state index in [1.165, 1.54) is 25.4 Å². The molecule has 2 aromatic carbocycles. The smallest absolute Gasteiger partial charge is 0.268 e. The first-order valence-corrected chi connectivity index (χ1v) is 9.90. The van der Waals surface area contributed by atoms with Crippen LogP contribution in [0.15, 0.2) is 52.0 Å². The Labute approximate surface area is 162 Å². The quantitative estimate of drug-likeness (QED) is 0.511. The first-order valence-electron chi connectivity index (χ1n) is 7.25. The highest BCUT2D eigenvalue weighted by Gasteiger charge is 2.24. The minimum atomic E-state index is -4.12. The highest BCUT2D eigenvalue weighted by molar-refractivity contribution is 9.10. The number of fused-ring (bicyclic) bond motifs is 1. The predicted octanol–water partition coefficient (Wildman–Crippen LogP) is 3.22. The molecule has 0 radical (unpaired) electrons. The molecular formula is C16H13BrClN3O4S. The van der Waals surface area contributed by atoms with Gasteiger partial charge < -0.3 is 9.72 Å². The van der Waals surface area contributed by atoms with Crippen LogP contribution in [0.25, 0.3) is 10.9 Å². The van der Waals surface area contributed by atoms with Gasteiger partial charge in [-0.05, 0) is 34.1 Å². The number of nitrogens with one attached hydrogen (secondary N) is 3. The number of carbonyl (C=O) groups excluding carboxylic acids is 1. The van der Waals surface area contributed by atoms with Crippen molar-refractivity contribution in [3.63, 3.8) is 0 Å². The van der Waals surface area contributed by atoms with Crippen LogP contribution >= 0.6 is 27.5 Å². The van der Waals surface area contributed by atoms with E-state index in [1.54, 1.807) is 12.1 Å². The molecule has 0 fully saturated rings. The van der Waals surface area contributed by atoms with Crippen molar-refractivity contribution < 1.29 is 17.9 Å². The Morgan fingerprint density at radius 1 is 1.27 bits per heavy atom. The topological polar surface area (TPSA) is 100 Å². The highest BCUT2D eigenvalue weighted by Crippen LogP contribution is 2.35. The fourth-order valence-corrected chi connectivity index (χ4v) is 4.65. The van der Waals surface area contributed by atoms with Crippen LogP contribution in [0, 0.1) is 0 Å². The molecule has 0 spiro atoms. The maximum absolute atomic E-state index is 12.6. The van der Waals surface area contributed by atoms with E-state index in [1.807, 2.05) is 12.1 Å². The molecule has 7 nitrogen and oxygen atoms in total. The number of ether oxygens (including phenoxy) is 1. The second-order valence-electron chi connectivity index (χ2n) is 5.23. The number of sulfonamides is 1. The van der Waals surface area contributed by atoms with Gasteiger partial charge >= 0.3 is 0 Å². The maximum atomic E-state index is 12.6. The van der Waals surface area contributed by atoms with Crippen molar-refractivity contribution in [2.45, 2.75) is 4.90 Å². The molecule has 0 atom stereocenters. The number of hydrogen-bond donors (Lipinski definition) is 3. The number of benzene rings is 2. The lowest BCUT2D eigenvalue weighted by Crippen LogP contribution is -2.41. The van der Waals surface area contributed by atoms with Crippen LogP contribution in [0.5, 0.6) is 5.75 Å². The van der Waals surface area contributed by atoms with E-state index in [0.29, 0.717) is 15.4 Å². The second kappa shape index (κ2) is 7.28. The SMILES string of the molecule is COc1c(Br)cc(Cl)cc1S(=O)(=O)NNC(=O)c1c[nH]c2ccccc12. The van der Waals surface area contributed by atoms with Gasteiger partial charge in [-0.2, -0.15) is 0 Å². The predicted molar refractivity (Wildman–Crippen MR) is 102 cm³/mol.